The zero-order valence-electron chi connectivity index (χ0n) is 26.5. The zero-order valence-corrected chi connectivity index (χ0v) is 26.5. The van der Waals surface area contributed by atoms with Crippen LogP contribution in [0.2, 0.25) is 0 Å². The summed E-state index contributed by atoms with van der Waals surface area (Å²) < 4.78 is 0. The minimum Gasteiger partial charge on any atom is -0.300 e. The number of hydrogen-bond donors (Lipinski definition) is 0. The van der Waals surface area contributed by atoms with Crippen molar-refractivity contribution in [1.82, 2.24) is 4.90 Å². The van der Waals surface area contributed by atoms with Crippen molar-refractivity contribution in [2.75, 3.05) is 13.1 Å². The van der Waals surface area contributed by atoms with E-state index in [1.54, 1.807) is 77.0 Å². The Morgan fingerprint density at radius 3 is 2.36 bits per heavy atom. The molecule has 2 spiro atoms. The third-order valence-corrected chi connectivity index (χ3v) is 16.9. The largest absolute Gasteiger partial charge is 0.300 e. The Hall–Kier alpha value is -0.0400. The number of nitrogens with zero attached hydrogens (tertiary/aromatic N) is 1. The average Bonchev–Trinajstić information content (AvgIpc) is 3.45. The Morgan fingerprint density at radius 1 is 0.718 bits per heavy atom. The topological polar surface area (TPSA) is 3.24 Å². The molecule has 1 nitrogen and oxygen atoms in total. The molecule has 0 bridgehead atoms. The highest BCUT2D eigenvalue weighted by molar-refractivity contribution is 5.28. The first-order valence-electron chi connectivity index (χ1n) is 18.5. The molecule has 7 saturated carbocycles. The Morgan fingerprint density at radius 2 is 1.56 bits per heavy atom. The van der Waals surface area contributed by atoms with Gasteiger partial charge in [-0.1, -0.05) is 53.4 Å². The van der Waals surface area contributed by atoms with Crippen LogP contribution in [0.15, 0.2) is 0 Å². The van der Waals surface area contributed by atoms with Crippen LogP contribution in [-0.2, 0) is 0 Å². The lowest BCUT2D eigenvalue weighted by molar-refractivity contribution is -0.115. The molecular formula is C38H63N. The number of likely N-dealkylation sites (tertiary alicyclic amines) is 1. The predicted octanol–water partition coefficient (Wildman–Crippen LogP) is 10.1. The van der Waals surface area contributed by atoms with Gasteiger partial charge in [-0.3, -0.25) is 0 Å². The van der Waals surface area contributed by atoms with Crippen molar-refractivity contribution in [3.05, 3.63) is 0 Å². The van der Waals surface area contributed by atoms with Crippen LogP contribution >= 0.6 is 0 Å². The quantitative estimate of drug-likeness (QED) is 0.340. The number of hydrogen-bond acceptors (Lipinski definition) is 1. The summed E-state index contributed by atoms with van der Waals surface area (Å²) in [7, 11) is 0. The van der Waals surface area contributed by atoms with E-state index in [0.717, 1.165) is 64.2 Å². The minimum atomic E-state index is 0.573. The summed E-state index contributed by atoms with van der Waals surface area (Å²) in [6, 6.07) is 0.964. The van der Waals surface area contributed by atoms with Crippen LogP contribution in [0, 0.1) is 69.0 Å². The maximum absolute atomic E-state index is 2.93. The maximum atomic E-state index is 2.93. The molecule has 0 aromatic heterocycles. The van der Waals surface area contributed by atoms with Gasteiger partial charge in [-0.05, 0) is 172 Å². The fraction of sp³-hybridized carbons (Fsp3) is 1.00. The first kappa shape index (κ1) is 26.6. The molecule has 8 rings (SSSR count). The zero-order chi connectivity index (χ0) is 26.6. The fourth-order valence-corrected chi connectivity index (χ4v) is 14.9. The van der Waals surface area contributed by atoms with Gasteiger partial charge in [0.15, 0.2) is 0 Å². The van der Waals surface area contributed by atoms with Crippen LogP contribution in [0.4, 0.5) is 0 Å². The lowest BCUT2D eigenvalue weighted by Gasteiger charge is -2.60. The predicted molar refractivity (Wildman–Crippen MR) is 163 cm³/mol. The first-order chi connectivity index (χ1) is 18.8. The van der Waals surface area contributed by atoms with Crippen LogP contribution in [0.5, 0.6) is 0 Å². The van der Waals surface area contributed by atoms with Gasteiger partial charge in [-0.2, -0.15) is 0 Å². The van der Waals surface area contributed by atoms with Crippen molar-refractivity contribution in [3.8, 4) is 0 Å². The number of piperidine rings is 1. The number of rotatable bonds is 5. The minimum absolute atomic E-state index is 0.573. The molecule has 0 N–H and O–H groups in total. The summed E-state index contributed by atoms with van der Waals surface area (Å²) in [4.78, 5) is 2.93. The molecule has 11 unspecified atom stereocenters. The van der Waals surface area contributed by atoms with Gasteiger partial charge in [0.2, 0.25) is 0 Å². The molecule has 1 saturated heterocycles. The molecule has 1 heterocycles. The molecule has 0 aromatic carbocycles. The highest BCUT2D eigenvalue weighted by Crippen LogP contribution is 2.87. The van der Waals surface area contributed by atoms with Crippen molar-refractivity contribution in [2.24, 2.45) is 69.0 Å². The highest BCUT2D eigenvalue weighted by Gasteiger charge is 2.80. The molecule has 0 aromatic rings. The molecule has 11 atom stereocenters. The highest BCUT2D eigenvalue weighted by atomic mass is 15.2. The second kappa shape index (κ2) is 9.23. The van der Waals surface area contributed by atoms with Gasteiger partial charge in [-0.25, -0.2) is 0 Å². The monoisotopic (exact) mass is 533 g/mol. The van der Waals surface area contributed by atoms with E-state index in [2.05, 4.69) is 32.6 Å². The molecule has 220 valence electrons. The van der Waals surface area contributed by atoms with Crippen molar-refractivity contribution in [2.45, 2.75) is 156 Å². The Kier molecular flexibility index (Phi) is 6.29. The van der Waals surface area contributed by atoms with Crippen LogP contribution in [-0.4, -0.2) is 24.0 Å². The fourth-order valence-electron chi connectivity index (χ4n) is 14.9. The van der Waals surface area contributed by atoms with E-state index in [-0.39, 0.29) is 0 Å². The van der Waals surface area contributed by atoms with E-state index < -0.39 is 0 Å². The van der Waals surface area contributed by atoms with Crippen molar-refractivity contribution in [1.29, 1.82) is 0 Å². The van der Waals surface area contributed by atoms with E-state index in [1.165, 1.54) is 58.0 Å². The lowest BCUT2D eigenvalue weighted by Crippen LogP contribution is -2.53. The molecular weight excluding hydrogens is 470 g/mol. The van der Waals surface area contributed by atoms with Crippen LogP contribution < -0.4 is 0 Å². The lowest BCUT2D eigenvalue weighted by atomic mass is 9.44. The summed E-state index contributed by atoms with van der Waals surface area (Å²) in [5, 5.41) is 0. The molecule has 1 aliphatic heterocycles. The van der Waals surface area contributed by atoms with Crippen molar-refractivity contribution in [3.63, 3.8) is 0 Å². The standard InChI is InChI=1S/C38H63N/c1-5-8-26-12-13-31-28(21-26)23-33-32-14-15-34-35(2,3)29(22-27-9-7-20-39(24-27)30-10-6-11-30)16-17-38(34)25-37(32,38)19-18-36(31,33)4/h26-34H,5-25H2,1-4H3. The van der Waals surface area contributed by atoms with Crippen molar-refractivity contribution < 1.29 is 0 Å². The van der Waals surface area contributed by atoms with Gasteiger partial charge >= 0.3 is 0 Å². The molecule has 7 aliphatic carbocycles. The van der Waals surface area contributed by atoms with Gasteiger partial charge in [0, 0.05) is 12.6 Å². The van der Waals surface area contributed by atoms with Gasteiger partial charge in [0.1, 0.15) is 0 Å². The van der Waals surface area contributed by atoms with Gasteiger partial charge in [0.05, 0.1) is 0 Å². The summed E-state index contributed by atoms with van der Waals surface area (Å²) >= 11 is 0. The van der Waals surface area contributed by atoms with Crippen LogP contribution in [0.25, 0.3) is 0 Å². The Balaban J connectivity index is 0.980. The molecule has 39 heavy (non-hydrogen) atoms. The smallest absolute Gasteiger partial charge is 0.00953 e. The normalized spacial score (nSPS) is 54.5. The third kappa shape index (κ3) is 3.71. The first-order valence-corrected chi connectivity index (χ1v) is 18.5. The van der Waals surface area contributed by atoms with E-state index in [0.29, 0.717) is 10.8 Å². The van der Waals surface area contributed by atoms with Crippen LogP contribution in [0.1, 0.15) is 150 Å². The van der Waals surface area contributed by atoms with E-state index >= 15 is 0 Å². The van der Waals surface area contributed by atoms with E-state index in [9.17, 15) is 0 Å². The van der Waals surface area contributed by atoms with E-state index in [4.69, 9.17) is 0 Å². The molecule has 1 heteroatoms. The maximum Gasteiger partial charge on any atom is 0.00953 e. The second-order valence-electron chi connectivity index (χ2n) is 18.3. The SMILES string of the molecule is CCCC1CCC2C(C1)CC1C3CCC4C(C)(C)C(CC5CCCN(C6CCC6)C5)CCC45CC35CCC21C. The Labute approximate surface area is 242 Å². The summed E-state index contributed by atoms with van der Waals surface area (Å²) in [5.41, 5.74) is 2.82. The second-order valence-corrected chi connectivity index (χ2v) is 18.3. The average molecular weight is 534 g/mol. The molecule has 8 aliphatic rings. The molecule has 0 amide bonds. The van der Waals surface area contributed by atoms with Crippen LogP contribution in [0.3, 0.4) is 0 Å². The third-order valence-electron chi connectivity index (χ3n) is 16.9. The summed E-state index contributed by atoms with van der Waals surface area (Å²) in [6.45, 7) is 13.7. The van der Waals surface area contributed by atoms with E-state index in [1.807, 2.05) is 0 Å². The van der Waals surface area contributed by atoms with Gasteiger partial charge in [-0.15, -0.1) is 0 Å². The van der Waals surface area contributed by atoms with Crippen molar-refractivity contribution >= 4 is 0 Å². The van der Waals surface area contributed by atoms with Gasteiger partial charge < -0.3 is 4.90 Å². The molecule has 8 fully saturated rings. The van der Waals surface area contributed by atoms with Gasteiger partial charge in [0.25, 0.3) is 0 Å². The summed E-state index contributed by atoms with van der Waals surface area (Å²) in [5.74, 6) is 8.46. The number of fused-ring (bicyclic) bond motifs is 4. The molecule has 0 radical (unpaired) electrons. The summed E-state index contributed by atoms with van der Waals surface area (Å²) in [6.07, 6.45) is 29.7. The Bertz CT molecular complexity index is 933.